The van der Waals surface area contributed by atoms with E-state index in [9.17, 15) is 5.11 Å². The van der Waals surface area contributed by atoms with E-state index < -0.39 is 6.23 Å². The lowest BCUT2D eigenvalue weighted by Crippen LogP contribution is -2.34. The van der Waals surface area contributed by atoms with E-state index in [2.05, 4.69) is 39.9 Å². The monoisotopic (exact) mass is 363 g/mol. The Morgan fingerprint density at radius 2 is 2.15 bits per heavy atom. The van der Waals surface area contributed by atoms with Crippen molar-refractivity contribution in [2.75, 3.05) is 31.1 Å². The highest BCUT2D eigenvalue weighted by molar-refractivity contribution is 5.53. The molecule has 5 heteroatoms. The molecule has 2 unspecified atom stereocenters. The number of ether oxygens (including phenoxy) is 1. The number of aliphatic hydroxyl groups excluding tert-OH is 1. The van der Waals surface area contributed by atoms with Crippen LogP contribution in [-0.4, -0.2) is 47.5 Å². The molecule has 0 spiro atoms. The highest BCUT2D eigenvalue weighted by atomic mass is 16.5. The predicted octanol–water partition coefficient (Wildman–Crippen LogP) is 2.92. The number of pyridine rings is 1. The summed E-state index contributed by atoms with van der Waals surface area (Å²) in [5.41, 5.74) is 6.15. The number of nitrogens with zero attached hydrogens (tertiary/aromatic N) is 3. The van der Waals surface area contributed by atoms with Crippen molar-refractivity contribution in [2.45, 2.75) is 32.0 Å². The predicted molar refractivity (Wildman–Crippen MR) is 105 cm³/mol. The molecule has 27 heavy (non-hydrogen) atoms. The lowest BCUT2D eigenvalue weighted by atomic mass is 9.97. The summed E-state index contributed by atoms with van der Waals surface area (Å²) in [7, 11) is 0. The Labute approximate surface area is 159 Å². The Morgan fingerprint density at radius 3 is 3.00 bits per heavy atom. The van der Waals surface area contributed by atoms with Crippen LogP contribution in [0.25, 0.3) is 0 Å². The van der Waals surface area contributed by atoms with E-state index in [1.807, 2.05) is 18.3 Å². The molecule has 1 aromatic heterocycles. The molecule has 0 saturated carbocycles. The second-order valence-electron chi connectivity index (χ2n) is 7.70. The summed E-state index contributed by atoms with van der Waals surface area (Å²) in [6.07, 6.45) is 5.01. The third-order valence-corrected chi connectivity index (χ3v) is 6.21. The van der Waals surface area contributed by atoms with Crippen LogP contribution in [0.2, 0.25) is 0 Å². The number of benzene rings is 1. The maximum Gasteiger partial charge on any atom is 0.149 e. The van der Waals surface area contributed by atoms with Crippen LogP contribution in [0.3, 0.4) is 0 Å². The van der Waals surface area contributed by atoms with Gasteiger partial charge in [0.2, 0.25) is 0 Å². The molecule has 0 bridgehead atoms. The quantitative estimate of drug-likeness (QED) is 0.850. The zero-order valence-electron chi connectivity index (χ0n) is 15.6. The molecule has 5 nitrogen and oxygen atoms in total. The smallest absolute Gasteiger partial charge is 0.149 e. The van der Waals surface area contributed by atoms with Gasteiger partial charge in [0.15, 0.2) is 0 Å². The summed E-state index contributed by atoms with van der Waals surface area (Å²) >= 11 is 0. The minimum atomic E-state index is -0.518. The van der Waals surface area contributed by atoms with Crippen LogP contribution in [0.4, 0.5) is 5.69 Å². The van der Waals surface area contributed by atoms with Gasteiger partial charge in [-0.3, -0.25) is 9.88 Å². The van der Waals surface area contributed by atoms with Crippen molar-refractivity contribution in [3.8, 4) is 5.75 Å². The van der Waals surface area contributed by atoms with Crippen molar-refractivity contribution in [1.82, 2.24) is 9.88 Å². The van der Waals surface area contributed by atoms with Gasteiger partial charge >= 0.3 is 0 Å². The largest absolute Gasteiger partial charge is 0.493 e. The summed E-state index contributed by atoms with van der Waals surface area (Å²) in [4.78, 5) is 8.76. The Morgan fingerprint density at radius 1 is 1.22 bits per heavy atom. The first kappa shape index (κ1) is 16.8. The zero-order chi connectivity index (χ0) is 18.4. The van der Waals surface area contributed by atoms with Gasteiger partial charge in [-0.15, -0.1) is 0 Å². The van der Waals surface area contributed by atoms with E-state index in [1.165, 1.54) is 22.3 Å². The fourth-order valence-electron chi connectivity index (χ4n) is 4.55. The van der Waals surface area contributed by atoms with Gasteiger partial charge in [0.25, 0.3) is 0 Å². The van der Waals surface area contributed by atoms with E-state index >= 15 is 0 Å². The van der Waals surface area contributed by atoms with Gasteiger partial charge in [-0.05, 0) is 53.8 Å². The van der Waals surface area contributed by atoms with Crippen LogP contribution in [0.15, 0.2) is 53.9 Å². The molecule has 140 valence electrons. The molecule has 0 amide bonds. The summed E-state index contributed by atoms with van der Waals surface area (Å²) in [5, 5.41) is 10.8. The van der Waals surface area contributed by atoms with Crippen molar-refractivity contribution in [2.24, 2.45) is 0 Å². The lowest BCUT2D eigenvalue weighted by Gasteiger charge is -2.33. The first-order valence-electron chi connectivity index (χ1n) is 9.76. The molecule has 4 heterocycles. The highest BCUT2D eigenvalue weighted by Crippen LogP contribution is 2.37. The van der Waals surface area contributed by atoms with Crippen molar-refractivity contribution >= 4 is 5.69 Å². The standard InChI is InChI=1S/C22H25N3O2/c1-15(17-5-4-16-7-10-27-21(16)11-17)24-9-6-20-18(13-24)14-25(22(20)26)19-3-2-8-23-12-19/h2-5,8,11-12,15,22,26H,6-7,9-10,13-14H2,1H3. The normalized spacial score (nSPS) is 23.2. The molecule has 3 aliphatic heterocycles. The summed E-state index contributed by atoms with van der Waals surface area (Å²) in [6, 6.07) is 10.9. The van der Waals surface area contributed by atoms with Crippen LogP contribution in [0.5, 0.6) is 5.75 Å². The van der Waals surface area contributed by atoms with Gasteiger partial charge in [-0.1, -0.05) is 12.1 Å². The van der Waals surface area contributed by atoms with Gasteiger partial charge in [-0.25, -0.2) is 0 Å². The van der Waals surface area contributed by atoms with Crippen LogP contribution in [0, 0.1) is 0 Å². The Balaban J connectivity index is 1.33. The van der Waals surface area contributed by atoms with E-state index in [0.717, 1.165) is 50.5 Å². The zero-order valence-corrected chi connectivity index (χ0v) is 15.6. The molecular formula is C22H25N3O2. The summed E-state index contributed by atoms with van der Waals surface area (Å²) in [6.45, 7) is 5.72. The minimum Gasteiger partial charge on any atom is -0.493 e. The second-order valence-corrected chi connectivity index (χ2v) is 7.70. The average molecular weight is 363 g/mol. The average Bonchev–Trinajstić information content (AvgIpc) is 3.31. The third kappa shape index (κ3) is 2.91. The van der Waals surface area contributed by atoms with Gasteiger partial charge in [0.1, 0.15) is 12.0 Å². The number of aromatic nitrogens is 1. The summed E-state index contributed by atoms with van der Waals surface area (Å²) in [5.74, 6) is 1.05. The van der Waals surface area contributed by atoms with Crippen molar-refractivity contribution < 1.29 is 9.84 Å². The molecule has 2 aromatic rings. The van der Waals surface area contributed by atoms with E-state index in [-0.39, 0.29) is 0 Å². The topological polar surface area (TPSA) is 48.8 Å². The number of rotatable bonds is 3. The maximum absolute atomic E-state index is 10.8. The lowest BCUT2D eigenvalue weighted by molar-refractivity contribution is 0.190. The number of fused-ring (bicyclic) bond motifs is 1. The van der Waals surface area contributed by atoms with Gasteiger partial charge in [0.05, 0.1) is 18.5 Å². The number of hydrogen-bond donors (Lipinski definition) is 1. The highest BCUT2D eigenvalue weighted by Gasteiger charge is 2.35. The Kier molecular flexibility index (Phi) is 4.14. The van der Waals surface area contributed by atoms with Crippen LogP contribution >= 0.6 is 0 Å². The first-order chi connectivity index (χ1) is 13.2. The van der Waals surface area contributed by atoms with E-state index in [0.29, 0.717) is 6.04 Å². The number of aliphatic hydroxyl groups is 1. The SMILES string of the molecule is CC(c1ccc2c(c1)OCC2)N1CCC2=C(C1)CN(c1cccnc1)C2O. The molecular weight excluding hydrogens is 338 g/mol. The summed E-state index contributed by atoms with van der Waals surface area (Å²) < 4.78 is 5.75. The van der Waals surface area contributed by atoms with Gasteiger partial charge < -0.3 is 14.7 Å². The van der Waals surface area contributed by atoms with Crippen molar-refractivity contribution in [3.05, 3.63) is 65.0 Å². The Hall–Kier alpha value is -2.37. The van der Waals surface area contributed by atoms with Gasteiger partial charge in [0, 0.05) is 38.3 Å². The number of anilines is 1. The second kappa shape index (κ2) is 6.66. The molecule has 3 aliphatic rings. The maximum atomic E-state index is 10.8. The fourth-order valence-corrected chi connectivity index (χ4v) is 4.55. The van der Waals surface area contributed by atoms with E-state index in [4.69, 9.17) is 4.74 Å². The van der Waals surface area contributed by atoms with Crippen molar-refractivity contribution in [3.63, 3.8) is 0 Å². The van der Waals surface area contributed by atoms with Gasteiger partial charge in [-0.2, -0.15) is 0 Å². The van der Waals surface area contributed by atoms with Crippen LogP contribution < -0.4 is 9.64 Å². The minimum absolute atomic E-state index is 0.332. The van der Waals surface area contributed by atoms with Crippen molar-refractivity contribution in [1.29, 1.82) is 0 Å². The molecule has 0 saturated heterocycles. The van der Waals surface area contributed by atoms with Crippen LogP contribution in [-0.2, 0) is 6.42 Å². The molecule has 1 N–H and O–H groups in total. The molecule has 2 atom stereocenters. The molecule has 1 aromatic carbocycles. The molecule has 0 aliphatic carbocycles. The molecule has 0 fully saturated rings. The third-order valence-electron chi connectivity index (χ3n) is 6.21. The van der Waals surface area contributed by atoms with Crippen LogP contribution in [0.1, 0.15) is 30.5 Å². The van der Waals surface area contributed by atoms with E-state index in [1.54, 1.807) is 6.20 Å². The molecule has 5 rings (SSSR count). The number of hydrogen-bond acceptors (Lipinski definition) is 5. The fraction of sp³-hybridized carbons (Fsp3) is 0.409. The Bertz CT molecular complexity index is 880. The first-order valence-corrected chi connectivity index (χ1v) is 9.76. The molecule has 0 radical (unpaired) electrons.